The van der Waals surface area contributed by atoms with Gasteiger partial charge in [0.05, 0.1) is 17.3 Å². The number of carbonyl (C=O) groups excluding carboxylic acids is 3. The van der Waals surface area contributed by atoms with E-state index in [2.05, 4.69) is 10.6 Å². The summed E-state index contributed by atoms with van der Waals surface area (Å²) in [5.74, 6) is 0.241. The van der Waals surface area contributed by atoms with E-state index < -0.39 is 5.92 Å². The smallest absolute Gasteiger partial charge is 0.262 e. The molecular weight excluding hydrogens is 492 g/mol. The van der Waals surface area contributed by atoms with Crippen LogP contribution >= 0.6 is 11.6 Å². The van der Waals surface area contributed by atoms with Gasteiger partial charge in [0.2, 0.25) is 0 Å². The van der Waals surface area contributed by atoms with Crippen molar-refractivity contribution in [1.29, 1.82) is 0 Å². The van der Waals surface area contributed by atoms with E-state index in [4.69, 9.17) is 21.1 Å². The summed E-state index contributed by atoms with van der Waals surface area (Å²) in [6.07, 6.45) is 4.16. The highest BCUT2D eigenvalue weighted by Crippen LogP contribution is 2.46. The molecule has 8 heteroatoms. The number of hydrogen-bond acceptors (Lipinski definition) is 6. The van der Waals surface area contributed by atoms with Gasteiger partial charge >= 0.3 is 0 Å². The number of halogens is 1. The molecule has 0 fully saturated rings. The van der Waals surface area contributed by atoms with Crippen LogP contribution in [0.1, 0.15) is 56.9 Å². The highest BCUT2D eigenvalue weighted by molar-refractivity contribution is 6.33. The Labute approximate surface area is 220 Å². The molecule has 0 saturated heterocycles. The molecule has 0 radical (unpaired) electrons. The third-order valence-corrected chi connectivity index (χ3v) is 7.23. The second-order valence-corrected chi connectivity index (χ2v) is 9.76. The van der Waals surface area contributed by atoms with Gasteiger partial charge in [0.15, 0.2) is 29.7 Å². The number of benzene rings is 2. The van der Waals surface area contributed by atoms with Crippen LogP contribution in [0.25, 0.3) is 0 Å². The second-order valence-electron chi connectivity index (χ2n) is 9.35. The number of Topliss-reactive ketones (excluding diaryl/α,β-unsaturated/α-hetero) is 2. The Morgan fingerprint density at radius 1 is 0.946 bits per heavy atom. The molecule has 7 nitrogen and oxygen atoms in total. The van der Waals surface area contributed by atoms with Crippen LogP contribution in [-0.4, -0.2) is 30.7 Å². The average molecular weight is 521 g/mol. The molecule has 0 bridgehead atoms. The van der Waals surface area contributed by atoms with Gasteiger partial charge < -0.3 is 20.1 Å². The van der Waals surface area contributed by atoms with Crippen molar-refractivity contribution in [3.8, 4) is 11.5 Å². The maximum atomic E-state index is 13.1. The zero-order valence-electron chi connectivity index (χ0n) is 20.7. The van der Waals surface area contributed by atoms with E-state index in [0.717, 1.165) is 42.6 Å². The molecular formula is C29H29ClN2O5. The van der Waals surface area contributed by atoms with Gasteiger partial charge in [-0.25, -0.2) is 0 Å². The SMILES string of the molecule is CCOc1cc(C2C3=C(CCCC3=O)NC3=C2C(=O)CCC3)ccc1OCC(=O)Nc1ccccc1Cl. The minimum atomic E-state index is -0.427. The highest BCUT2D eigenvalue weighted by Gasteiger charge is 2.40. The fourth-order valence-corrected chi connectivity index (χ4v) is 5.48. The van der Waals surface area contributed by atoms with Crippen molar-refractivity contribution >= 4 is 34.8 Å². The molecule has 0 unspecified atom stereocenters. The van der Waals surface area contributed by atoms with Crippen LogP contribution in [0.3, 0.4) is 0 Å². The van der Waals surface area contributed by atoms with Gasteiger partial charge in [0.1, 0.15) is 0 Å². The van der Waals surface area contributed by atoms with Crippen molar-refractivity contribution in [3.63, 3.8) is 0 Å². The maximum absolute atomic E-state index is 13.1. The highest BCUT2D eigenvalue weighted by atomic mass is 35.5. The first-order valence-electron chi connectivity index (χ1n) is 12.7. The molecule has 2 N–H and O–H groups in total. The number of anilines is 1. The van der Waals surface area contributed by atoms with E-state index in [1.807, 2.05) is 19.1 Å². The van der Waals surface area contributed by atoms with E-state index in [1.165, 1.54) is 0 Å². The second kappa shape index (κ2) is 10.8. The van der Waals surface area contributed by atoms with Crippen molar-refractivity contribution in [3.05, 3.63) is 75.6 Å². The first kappa shape index (κ1) is 25.1. The minimum Gasteiger partial charge on any atom is -0.490 e. The van der Waals surface area contributed by atoms with Crippen molar-refractivity contribution in [2.45, 2.75) is 51.4 Å². The fourth-order valence-electron chi connectivity index (χ4n) is 5.30. The summed E-state index contributed by atoms with van der Waals surface area (Å²) >= 11 is 6.13. The molecule has 192 valence electrons. The summed E-state index contributed by atoms with van der Waals surface area (Å²) in [5, 5.41) is 6.61. The van der Waals surface area contributed by atoms with Gasteiger partial charge in [-0.2, -0.15) is 0 Å². The molecule has 0 spiro atoms. The van der Waals surface area contributed by atoms with Crippen LogP contribution in [-0.2, 0) is 14.4 Å². The number of nitrogens with one attached hydrogen (secondary N) is 2. The molecule has 2 aliphatic carbocycles. The first-order valence-corrected chi connectivity index (χ1v) is 13.1. The van der Waals surface area contributed by atoms with Crippen molar-refractivity contribution in [2.75, 3.05) is 18.5 Å². The number of ketones is 2. The van der Waals surface area contributed by atoms with Crippen LogP contribution in [0.4, 0.5) is 5.69 Å². The van der Waals surface area contributed by atoms with Gasteiger partial charge in [0.25, 0.3) is 5.91 Å². The van der Waals surface area contributed by atoms with E-state index in [9.17, 15) is 14.4 Å². The molecule has 3 aliphatic rings. The van der Waals surface area contributed by atoms with Gasteiger partial charge in [-0.1, -0.05) is 29.8 Å². The van der Waals surface area contributed by atoms with Crippen molar-refractivity contribution in [1.82, 2.24) is 5.32 Å². The molecule has 37 heavy (non-hydrogen) atoms. The topological polar surface area (TPSA) is 93.7 Å². The van der Waals surface area contributed by atoms with Gasteiger partial charge in [-0.05, 0) is 62.4 Å². The molecule has 2 aromatic rings. The van der Waals surface area contributed by atoms with E-state index in [-0.39, 0.29) is 24.1 Å². The minimum absolute atomic E-state index is 0.0817. The molecule has 0 atom stereocenters. The molecule has 5 rings (SSSR count). The van der Waals surface area contributed by atoms with E-state index in [0.29, 0.717) is 52.8 Å². The standard InChI is InChI=1S/C29H29ClN2O5/c1-2-36-25-15-17(13-14-24(25)37-16-26(35)32-19-8-4-3-7-18(19)30)27-28-20(9-5-11-22(28)33)31-21-10-6-12-23(34)29(21)27/h3-4,7-8,13-15,27,31H,2,5-6,9-12,16H2,1H3,(H,32,35). The molecule has 2 aromatic carbocycles. The van der Waals surface area contributed by atoms with Crippen LogP contribution in [0.15, 0.2) is 65.0 Å². The zero-order valence-corrected chi connectivity index (χ0v) is 21.5. The number of amides is 1. The lowest BCUT2D eigenvalue weighted by Gasteiger charge is -2.37. The lowest BCUT2D eigenvalue weighted by atomic mass is 9.71. The third-order valence-electron chi connectivity index (χ3n) is 6.90. The summed E-state index contributed by atoms with van der Waals surface area (Å²) in [4.78, 5) is 38.6. The van der Waals surface area contributed by atoms with Crippen LogP contribution in [0, 0.1) is 0 Å². The summed E-state index contributed by atoms with van der Waals surface area (Å²) in [6.45, 7) is 2.01. The Bertz CT molecular complexity index is 1290. The summed E-state index contributed by atoms with van der Waals surface area (Å²) in [6, 6.07) is 12.4. The monoisotopic (exact) mass is 520 g/mol. The van der Waals surface area contributed by atoms with E-state index in [1.54, 1.807) is 30.3 Å². The molecule has 0 aromatic heterocycles. The van der Waals surface area contributed by atoms with Crippen LogP contribution in [0.2, 0.25) is 5.02 Å². The Balaban J connectivity index is 1.43. The number of carbonyl (C=O) groups is 3. The summed E-state index contributed by atoms with van der Waals surface area (Å²) in [5.41, 5.74) is 4.56. The lowest BCUT2D eigenvalue weighted by molar-refractivity contribution is -0.118. The van der Waals surface area contributed by atoms with Crippen molar-refractivity contribution in [2.24, 2.45) is 0 Å². The zero-order chi connectivity index (χ0) is 25.9. The van der Waals surface area contributed by atoms with Crippen LogP contribution < -0.4 is 20.1 Å². The largest absolute Gasteiger partial charge is 0.490 e. The predicted molar refractivity (Wildman–Crippen MR) is 141 cm³/mol. The third kappa shape index (κ3) is 5.14. The maximum Gasteiger partial charge on any atom is 0.262 e. The number of rotatable bonds is 7. The number of hydrogen-bond donors (Lipinski definition) is 2. The average Bonchev–Trinajstić information content (AvgIpc) is 2.89. The molecule has 1 heterocycles. The first-order chi connectivity index (χ1) is 18.0. The predicted octanol–water partition coefficient (Wildman–Crippen LogP) is 5.46. The number of para-hydroxylation sites is 1. The number of allylic oxidation sites excluding steroid dienone is 4. The molecule has 1 amide bonds. The van der Waals surface area contributed by atoms with Crippen molar-refractivity contribution < 1.29 is 23.9 Å². The summed E-state index contributed by atoms with van der Waals surface area (Å²) < 4.78 is 11.7. The Hall–Kier alpha value is -3.58. The van der Waals surface area contributed by atoms with Gasteiger partial charge in [-0.15, -0.1) is 0 Å². The van der Waals surface area contributed by atoms with Gasteiger partial charge in [0, 0.05) is 41.3 Å². The Kier molecular flexibility index (Phi) is 7.33. The van der Waals surface area contributed by atoms with Crippen LogP contribution in [0.5, 0.6) is 11.5 Å². The Morgan fingerprint density at radius 3 is 2.27 bits per heavy atom. The number of ether oxygens (including phenoxy) is 2. The molecule has 1 aliphatic heterocycles. The number of dihydropyridines is 1. The van der Waals surface area contributed by atoms with E-state index >= 15 is 0 Å². The Morgan fingerprint density at radius 2 is 1.62 bits per heavy atom. The van der Waals surface area contributed by atoms with Gasteiger partial charge in [-0.3, -0.25) is 14.4 Å². The summed E-state index contributed by atoms with van der Waals surface area (Å²) in [7, 11) is 0. The normalized spacial score (nSPS) is 17.7. The quantitative estimate of drug-likeness (QED) is 0.503. The molecule has 0 saturated carbocycles. The fraction of sp³-hybridized carbons (Fsp3) is 0.345. The lowest BCUT2D eigenvalue weighted by Crippen LogP contribution is -2.36.